The lowest BCUT2D eigenvalue weighted by Crippen LogP contribution is -2.30. The van der Waals surface area contributed by atoms with E-state index in [0.29, 0.717) is 17.1 Å². The van der Waals surface area contributed by atoms with Crippen molar-refractivity contribution < 1.29 is 23.9 Å². The van der Waals surface area contributed by atoms with Gasteiger partial charge < -0.3 is 14.8 Å². The normalized spacial score (nSPS) is 11.5. The highest BCUT2D eigenvalue weighted by molar-refractivity contribution is 7.99. The lowest BCUT2D eigenvalue weighted by atomic mass is 9.97. The molecule has 0 saturated carbocycles. The number of Topliss-reactive ketones (excluding diaryl/α,β-unsaturated/α-hetero) is 1. The predicted octanol–water partition coefficient (Wildman–Crippen LogP) is 6.33. The van der Waals surface area contributed by atoms with Crippen LogP contribution in [0, 0.1) is 5.41 Å². The van der Waals surface area contributed by atoms with Gasteiger partial charge in [-0.2, -0.15) is 16.9 Å². The molecule has 0 spiro atoms. The van der Waals surface area contributed by atoms with Crippen LogP contribution in [0.2, 0.25) is 0 Å². The molecule has 0 fully saturated rings. The molecule has 1 amide bonds. The highest BCUT2D eigenvalue weighted by Crippen LogP contribution is 2.24. The Bertz CT molecular complexity index is 1070. The molecule has 0 heterocycles. The summed E-state index contributed by atoms with van der Waals surface area (Å²) in [4.78, 5) is 37.0. The van der Waals surface area contributed by atoms with Crippen LogP contribution in [-0.2, 0) is 19.1 Å². The standard InChI is InChI=1S/C30H41N3O5S/c1-5-6-7-8-12-21-39-22-30(3,4)29(36)38-20-19-37-26-17-15-24(16-18-26)31-28(35)27(23(2)34)33-32-25-13-10-9-11-14-25/h9-11,13-18,32H,5-8,12,19-22H2,1-4H3,(H,31,35)/b33-27+. The highest BCUT2D eigenvalue weighted by atomic mass is 32.2. The SMILES string of the molecule is CCCCCCCSCC(C)(C)C(=O)OCCOc1ccc(NC(=O)/C(=N/Nc2ccccc2)C(C)=O)cc1. The number of thioether (sulfide) groups is 1. The highest BCUT2D eigenvalue weighted by Gasteiger charge is 2.29. The third kappa shape index (κ3) is 12.4. The van der Waals surface area contributed by atoms with Crippen LogP contribution in [0.1, 0.15) is 59.8 Å². The van der Waals surface area contributed by atoms with Crippen LogP contribution in [0.15, 0.2) is 59.7 Å². The van der Waals surface area contributed by atoms with Gasteiger partial charge in [0, 0.05) is 18.4 Å². The minimum absolute atomic E-state index is 0.148. The summed E-state index contributed by atoms with van der Waals surface area (Å²) in [5, 5.41) is 6.62. The Morgan fingerprint density at radius 3 is 2.26 bits per heavy atom. The van der Waals surface area contributed by atoms with Crippen molar-refractivity contribution >= 4 is 46.5 Å². The number of rotatable bonds is 18. The quantitative estimate of drug-likeness (QED) is 0.0727. The molecule has 0 bridgehead atoms. The Kier molecular flexibility index (Phi) is 14.1. The van der Waals surface area contributed by atoms with E-state index in [1.54, 1.807) is 48.2 Å². The third-order valence-electron chi connectivity index (χ3n) is 5.72. The third-order valence-corrected chi connectivity index (χ3v) is 7.23. The van der Waals surface area contributed by atoms with E-state index in [1.165, 1.54) is 39.0 Å². The number of nitrogens with one attached hydrogen (secondary N) is 2. The molecule has 2 aromatic carbocycles. The molecule has 8 nitrogen and oxygen atoms in total. The van der Waals surface area contributed by atoms with Crippen molar-refractivity contribution in [1.29, 1.82) is 0 Å². The summed E-state index contributed by atoms with van der Waals surface area (Å²) >= 11 is 1.80. The molecular weight excluding hydrogens is 514 g/mol. The number of nitrogens with zero attached hydrogens (tertiary/aromatic N) is 1. The zero-order valence-electron chi connectivity index (χ0n) is 23.5. The average molecular weight is 556 g/mol. The van der Waals surface area contributed by atoms with E-state index in [9.17, 15) is 14.4 Å². The molecule has 0 aliphatic heterocycles. The maximum atomic E-state index is 12.6. The van der Waals surface area contributed by atoms with E-state index in [1.807, 2.05) is 32.0 Å². The number of carbonyl (C=O) groups is 3. The summed E-state index contributed by atoms with van der Waals surface area (Å²) in [6.45, 7) is 7.67. The van der Waals surface area contributed by atoms with Crippen LogP contribution in [0.4, 0.5) is 11.4 Å². The second-order valence-corrected chi connectivity index (χ2v) is 10.9. The van der Waals surface area contributed by atoms with E-state index < -0.39 is 17.1 Å². The first-order chi connectivity index (χ1) is 18.7. The number of para-hydroxylation sites is 1. The van der Waals surface area contributed by atoms with Gasteiger partial charge in [0.05, 0.1) is 11.1 Å². The van der Waals surface area contributed by atoms with Gasteiger partial charge in [0.25, 0.3) is 5.91 Å². The minimum Gasteiger partial charge on any atom is -0.490 e. The van der Waals surface area contributed by atoms with E-state index in [-0.39, 0.29) is 24.9 Å². The molecule has 2 N–H and O–H groups in total. The fraction of sp³-hybridized carbons (Fsp3) is 0.467. The molecule has 39 heavy (non-hydrogen) atoms. The van der Waals surface area contributed by atoms with Gasteiger partial charge in [0.2, 0.25) is 0 Å². The number of hydrazone groups is 1. The molecule has 0 aliphatic rings. The number of unbranched alkanes of at least 4 members (excludes halogenated alkanes) is 4. The molecule has 212 valence electrons. The number of ketones is 1. The summed E-state index contributed by atoms with van der Waals surface area (Å²) in [5.74, 6) is 1.04. The number of esters is 1. The lowest BCUT2D eigenvalue weighted by Gasteiger charge is -2.22. The molecule has 2 aromatic rings. The van der Waals surface area contributed by atoms with Crippen molar-refractivity contribution in [3.63, 3.8) is 0 Å². The Hall–Kier alpha value is -3.33. The van der Waals surface area contributed by atoms with Crippen LogP contribution < -0.4 is 15.5 Å². The molecule has 0 radical (unpaired) electrons. The molecule has 0 aliphatic carbocycles. The molecule has 0 atom stereocenters. The lowest BCUT2D eigenvalue weighted by molar-refractivity contribution is -0.153. The Morgan fingerprint density at radius 1 is 0.897 bits per heavy atom. The molecule has 0 unspecified atom stereocenters. The van der Waals surface area contributed by atoms with Gasteiger partial charge >= 0.3 is 5.97 Å². The van der Waals surface area contributed by atoms with E-state index in [2.05, 4.69) is 22.8 Å². The number of benzene rings is 2. The average Bonchev–Trinajstić information content (AvgIpc) is 2.91. The molecule has 9 heteroatoms. The van der Waals surface area contributed by atoms with Crippen LogP contribution in [0.3, 0.4) is 0 Å². The number of hydrogen-bond donors (Lipinski definition) is 2. The molecule has 0 aromatic heterocycles. The smallest absolute Gasteiger partial charge is 0.312 e. The fourth-order valence-electron chi connectivity index (χ4n) is 3.43. The predicted molar refractivity (Wildman–Crippen MR) is 160 cm³/mol. The summed E-state index contributed by atoms with van der Waals surface area (Å²) in [6, 6.07) is 15.7. The number of ether oxygens (including phenoxy) is 2. The number of amides is 1. The summed E-state index contributed by atoms with van der Waals surface area (Å²) in [5.41, 5.74) is 3.07. The monoisotopic (exact) mass is 555 g/mol. The first-order valence-electron chi connectivity index (χ1n) is 13.4. The van der Waals surface area contributed by atoms with Crippen molar-refractivity contribution in [2.45, 2.75) is 59.8 Å². The van der Waals surface area contributed by atoms with Crippen molar-refractivity contribution in [1.82, 2.24) is 0 Å². The number of anilines is 2. The zero-order valence-corrected chi connectivity index (χ0v) is 24.3. The van der Waals surface area contributed by atoms with E-state index >= 15 is 0 Å². The minimum atomic E-state index is -0.621. The van der Waals surface area contributed by atoms with E-state index in [4.69, 9.17) is 9.47 Å². The van der Waals surface area contributed by atoms with Gasteiger partial charge in [0.15, 0.2) is 11.5 Å². The second kappa shape index (κ2) is 17.3. The Labute approximate surface area is 236 Å². The van der Waals surface area contributed by atoms with Crippen molar-refractivity contribution in [3.05, 3.63) is 54.6 Å². The Balaban J connectivity index is 1.72. The zero-order chi connectivity index (χ0) is 28.5. The fourth-order valence-corrected chi connectivity index (χ4v) is 4.61. The summed E-state index contributed by atoms with van der Waals surface area (Å²) in [7, 11) is 0. The van der Waals surface area contributed by atoms with E-state index in [0.717, 1.165) is 11.5 Å². The van der Waals surface area contributed by atoms with Crippen LogP contribution in [0.25, 0.3) is 0 Å². The van der Waals surface area contributed by atoms with Crippen molar-refractivity contribution in [2.75, 3.05) is 35.5 Å². The van der Waals surface area contributed by atoms with Gasteiger partial charge in [-0.15, -0.1) is 0 Å². The topological polar surface area (TPSA) is 106 Å². The summed E-state index contributed by atoms with van der Waals surface area (Å²) < 4.78 is 11.1. The summed E-state index contributed by atoms with van der Waals surface area (Å²) in [6.07, 6.45) is 6.24. The number of hydrogen-bond acceptors (Lipinski definition) is 8. The van der Waals surface area contributed by atoms with Crippen molar-refractivity contribution in [3.8, 4) is 5.75 Å². The van der Waals surface area contributed by atoms with Gasteiger partial charge in [0.1, 0.15) is 19.0 Å². The van der Waals surface area contributed by atoms with Crippen LogP contribution in [0.5, 0.6) is 5.75 Å². The van der Waals surface area contributed by atoms with Gasteiger partial charge in [-0.25, -0.2) is 0 Å². The van der Waals surface area contributed by atoms with Crippen LogP contribution in [-0.4, -0.2) is 48.1 Å². The first kappa shape index (κ1) is 31.9. The van der Waals surface area contributed by atoms with Gasteiger partial charge in [-0.05, 0) is 62.4 Å². The first-order valence-corrected chi connectivity index (χ1v) is 14.6. The maximum absolute atomic E-state index is 12.6. The largest absolute Gasteiger partial charge is 0.490 e. The molecular formula is C30H41N3O5S. The molecule has 2 rings (SSSR count). The molecule has 0 saturated heterocycles. The van der Waals surface area contributed by atoms with Crippen LogP contribution >= 0.6 is 11.8 Å². The van der Waals surface area contributed by atoms with Gasteiger partial charge in [-0.1, -0.05) is 50.8 Å². The second-order valence-electron chi connectivity index (χ2n) is 9.81. The van der Waals surface area contributed by atoms with Gasteiger partial charge in [-0.3, -0.25) is 19.8 Å². The van der Waals surface area contributed by atoms with Crippen molar-refractivity contribution in [2.24, 2.45) is 10.5 Å². The maximum Gasteiger partial charge on any atom is 0.312 e. The Morgan fingerprint density at radius 2 is 1.59 bits per heavy atom. The number of carbonyl (C=O) groups excluding carboxylic acids is 3.